The van der Waals surface area contributed by atoms with E-state index < -0.39 is 0 Å². The maximum absolute atomic E-state index is 2.77. The lowest BCUT2D eigenvalue weighted by molar-refractivity contribution is 0.181. The van der Waals surface area contributed by atoms with Gasteiger partial charge in [-0.3, -0.25) is 4.90 Å². The predicted octanol–water partition coefficient (Wildman–Crippen LogP) is 2.66. The molecular weight excluding hydrogens is 146 g/mol. The van der Waals surface area contributed by atoms with Crippen molar-refractivity contribution in [1.82, 2.24) is 4.90 Å². The van der Waals surface area contributed by atoms with Gasteiger partial charge >= 0.3 is 0 Å². The highest BCUT2D eigenvalue weighted by atomic mass is 15.2. The van der Waals surface area contributed by atoms with Gasteiger partial charge in [0.2, 0.25) is 0 Å². The third-order valence-corrected chi connectivity index (χ3v) is 3.72. The zero-order valence-electron chi connectivity index (χ0n) is 8.47. The summed E-state index contributed by atoms with van der Waals surface area (Å²) in [6.45, 7) is 7.49. The van der Waals surface area contributed by atoms with Gasteiger partial charge in [0.05, 0.1) is 0 Å². The van der Waals surface area contributed by atoms with Crippen LogP contribution in [-0.4, -0.2) is 23.5 Å². The molecule has 0 bridgehead atoms. The normalized spacial score (nSPS) is 42.0. The van der Waals surface area contributed by atoms with Gasteiger partial charge in [-0.1, -0.05) is 20.3 Å². The van der Waals surface area contributed by atoms with Crippen LogP contribution in [0.1, 0.15) is 46.0 Å². The molecule has 0 spiro atoms. The highest BCUT2D eigenvalue weighted by molar-refractivity contribution is 5.01. The summed E-state index contributed by atoms with van der Waals surface area (Å²) in [5.41, 5.74) is 0.661. The first-order chi connectivity index (χ1) is 5.77. The van der Waals surface area contributed by atoms with Crippen molar-refractivity contribution in [2.45, 2.75) is 51.5 Å². The Morgan fingerprint density at radius 3 is 3.08 bits per heavy atom. The molecule has 1 heteroatoms. The summed E-state index contributed by atoms with van der Waals surface area (Å²) < 4.78 is 0. The first-order valence-electron chi connectivity index (χ1n) is 5.52. The van der Waals surface area contributed by atoms with Gasteiger partial charge in [-0.2, -0.15) is 0 Å². The highest BCUT2D eigenvalue weighted by Crippen LogP contribution is 2.44. The molecule has 0 aromatic carbocycles. The van der Waals surface area contributed by atoms with Gasteiger partial charge in [0, 0.05) is 12.1 Å². The molecule has 0 aliphatic carbocycles. The van der Waals surface area contributed by atoms with Crippen LogP contribution in [0.2, 0.25) is 0 Å². The summed E-state index contributed by atoms with van der Waals surface area (Å²) in [7, 11) is 0. The Labute approximate surface area is 76.1 Å². The van der Waals surface area contributed by atoms with Crippen molar-refractivity contribution in [2.24, 2.45) is 5.92 Å². The molecule has 2 aliphatic rings. The molecule has 1 nitrogen and oxygen atoms in total. The summed E-state index contributed by atoms with van der Waals surface area (Å²) in [5, 5.41) is 0. The second-order valence-corrected chi connectivity index (χ2v) is 4.83. The van der Waals surface area contributed by atoms with Gasteiger partial charge in [0.25, 0.3) is 0 Å². The molecule has 2 atom stereocenters. The molecule has 0 saturated carbocycles. The zero-order valence-corrected chi connectivity index (χ0v) is 8.47. The molecule has 0 aromatic heterocycles. The van der Waals surface area contributed by atoms with E-state index in [4.69, 9.17) is 0 Å². The van der Waals surface area contributed by atoms with Crippen LogP contribution < -0.4 is 0 Å². The smallest absolute Gasteiger partial charge is 0.0213 e. The Bertz CT molecular complexity index is 166. The average Bonchev–Trinajstić information content (AvgIpc) is 2.44. The molecule has 12 heavy (non-hydrogen) atoms. The molecule has 2 fully saturated rings. The lowest BCUT2D eigenvalue weighted by Crippen LogP contribution is -2.37. The van der Waals surface area contributed by atoms with E-state index in [1.54, 1.807) is 0 Å². The van der Waals surface area contributed by atoms with Crippen molar-refractivity contribution in [3.8, 4) is 0 Å². The van der Waals surface area contributed by atoms with Crippen LogP contribution in [0.4, 0.5) is 0 Å². The molecule has 0 amide bonds. The monoisotopic (exact) mass is 167 g/mol. The van der Waals surface area contributed by atoms with Gasteiger partial charge in [0.1, 0.15) is 0 Å². The van der Waals surface area contributed by atoms with Crippen LogP contribution >= 0.6 is 0 Å². The second kappa shape index (κ2) is 3.02. The first-order valence-corrected chi connectivity index (χ1v) is 5.52. The average molecular weight is 167 g/mol. The van der Waals surface area contributed by atoms with Crippen molar-refractivity contribution in [3.63, 3.8) is 0 Å². The lowest BCUT2D eigenvalue weighted by Gasteiger charge is -2.31. The zero-order chi connectivity index (χ0) is 8.60. The summed E-state index contributed by atoms with van der Waals surface area (Å²) in [6, 6.07) is 0. The number of hydrogen-bond acceptors (Lipinski definition) is 1. The van der Waals surface area contributed by atoms with Gasteiger partial charge < -0.3 is 0 Å². The number of rotatable bonds is 2. The predicted molar refractivity (Wildman–Crippen MR) is 52.2 cm³/mol. The van der Waals surface area contributed by atoms with Crippen molar-refractivity contribution in [2.75, 3.05) is 13.1 Å². The van der Waals surface area contributed by atoms with Crippen molar-refractivity contribution in [3.05, 3.63) is 0 Å². The van der Waals surface area contributed by atoms with E-state index in [9.17, 15) is 0 Å². The van der Waals surface area contributed by atoms with E-state index >= 15 is 0 Å². The summed E-state index contributed by atoms with van der Waals surface area (Å²) in [4.78, 5) is 2.77. The Balaban J connectivity index is 2.09. The van der Waals surface area contributed by atoms with Crippen LogP contribution in [0, 0.1) is 5.92 Å². The van der Waals surface area contributed by atoms with Crippen molar-refractivity contribution in [1.29, 1.82) is 0 Å². The van der Waals surface area contributed by atoms with Crippen LogP contribution in [-0.2, 0) is 0 Å². The van der Waals surface area contributed by atoms with Crippen LogP contribution in [0.25, 0.3) is 0 Å². The van der Waals surface area contributed by atoms with E-state index in [-0.39, 0.29) is 0 Å². The van der Waals surface area contributed by atoms with Gasteiger partial charge in [-0.05, 0) is 38.1 Å². The maximum atomic E-state index is 2.77. The fourth-order valence-electron chi connectivity index (χ4n) is 3.45. The van der Waals surface area contributed by atoms with Crippen molar-refractivity contribution >= 4 is 0 Å². The standard InChI is InChI=1S/C11H21N/c1-3-5-11-6-4-7-12(11)9-10(2)8-11/h10H,3-9H2,1-2H3/t10-,11+/m1/s1. The summed E-state index contributed by atoms with van der Waals surface area (Å²) in [6.07, 6.45) is 7.21. The maximum Gasteiger partial charge on any atom is 0.0213 e. The van der Waals surface area contributed by atoms with Crippen LogP contribution in [0.5, 0.6) is 0 Å². The molecule has 0 radical (unpaired) electrons. The molecule has 0 aromatic rings. The van der Waals surface area contributed by atoms with Crippen molar-refractivity contribution < 1.29 is 0 Å². The topological polar surface area (TPSA) is 3.24 Å². The van der Waals surface area contributed by atoms with E-state index in [1.165, 1.54) is 45.2 Å². The largest absolute Gasteiger partial charge is 0.297 e. The van der Waals surface area contributed by atoms with Crippen LogP contribution in [0.3, 0.4) is 0 Å². The minimum absolute atomic E-state index is 0.661. The summed E-state index contributed by atoms with van der Waals surface area (Å²) in [5.74, 6) is 0.955. The third-order valence-electron chi connectivity index (χ3n) is 3.72. The number of nitrogens with zero attached hydrogens (tertiary/aromatic N) is 1. The quantitative estimate of drug-likeness (QED) is 0.611. The van der Waals surface area contributed by atoms with E-state index in [1.807, 2.05) is 0 Å². The van der Waals surface area contributed by atoms with Gasteiger partial charge in [-0.25, -0.2) is 0 Å². The highest BCUT2D eigenvalue weighted by Gasteiger charge is 2.45. The van der Waals surface area contributed by atoms with Gasteiger partial charge in [-0.15, -0.1) is 0 Å². The molecule has 0 unspecified atom stereocenters. The van der Waals surface area contributed by atoms with Gasteiger partial charge in [0.15, 0.2) is 0 Å². The number of fused-ring (bicyclic) bond motifs is 1. The Hall–Kier alpha value is -0.0400. The Morgan fingerprint density at radius 1 is 1.50 bits per heavy atom. The second-order valence-electron chi connectivity index (χ2n) is 4.83. The number of hydrogen-bond donors (Lipinski definition) is 0. The molecule has 2 rings (SSSR count). The molecule has 2 aliphatic heterocycles. The minimum Gasteiger partial charge on any atom is -0.297 e. The summed E-state index contributed by atoms with van der Waals surface area (Å²) >= 11 is 0. The van der Waals surface area contributed by atoms with Crippen LogP contribution in [0.15, 0.2) is 0 Å². The first kappa shape index (κ1) is 8.55. The molecule has 70 valence electrons. The minimum atomic E-state index is 0.661. The van der Waals surface area contributed by atoms with E-state index in [0.717, 1.165) is 5.92 Å². The Morgan fingerprint density at radius 2 is 2.33 bits per heavy atom. The van der Waals surface area contributed by atoms with E-state index in [2.05, 4.69) is 18.7 Å². The van der Waals surface area contributed by atoms with E-state index in [0.29, 0.717) is 5.54 Å². The Kier molecular flexibility index (Phi) is 2.16. The SMILES string of the molecule is CCC[C@@]12CCCN1C[C@H](C)C2. The fourth-order valence-corrected chi connectivity index (χ4v) is 3.45. The lowest BCUT2D eigenvalue weighted by atomic mass is 9.87. The molecule has 2 heterocycles. The molecule has 0 N–H and O–H groups in total. The molecule has 2 saturated heterocycles. The molecular formula is C11H21N. The fraction of sp³-hybridized carbons (Fsp3) is 1.00. The third kappa shape index (κ3) is 1.19.